The molecule has 0 saturated carbocycles. The van der Waals surface area contributed by atoms with Crippen molar-refractivity contribution in [3.8, 4) is 11.5 Å². The molecule has 238 valence electrons. The van der Waals surface area contributed by atoms with Crippen molar-refractivity contribution in [3.63, 3.8) is 0 Å². The molecule has 1 aromatic heterocycles. The Labute approximate surface area is 257 Å². The molecule has 0 saturated heterocycles. The molecule has 44 heavy (non-hydrogen) atoms. The number of alkyl carbamates (subject to hydrolysis) is 1. The number of hydroxylamine groups is 1. The van der Waals surface area contributed by atoms with E-state index in [-0.39, 0.29) is 12.5 Å². The second kappa shape index (κ2) is 16.3. The van der Waals surface area contributed by atoms with Gasteiger partial charge in [-0.15, -0.1) is 0 Å². The standard InChI is InChI=1S/C32H43N5O7/c1-32(2,3)44-31(40)36-26(11-7-8-16-33)30(39)35-23(18-22-19-34-25-10-6-5-9-24(22)25)20-43-27-14-12-21(17-28(27)42-4)13-15-29(38)37-41/h5-6,9-10,12-15,17,19,23,26,34,41H,7-8,11,16,18,20,33H2,1-4H3,(H,35,39)(H,36,40)(H,37,38)/b15-13+/t23-,26?/m0/s1. The Hall–Kier alpha value is -4.55. The van der Waals surface area contributed by atoms with Gasteiger partial charge in [0.25, 0.3) is 5.91 Å². The maximum atomic E-state index is 13.6. The Bertz CT molecular complexity index is 1430. The van der Waals surface area contributed by atoms with Gasteiger partial charge in [0.05, 0.1) is 13.2 Å². The summed E-state index contributed by atoms with van der Waals surface area (Å²) in [4.78, 5) is 40.8. The van der Waals surface area contributed by atoms with Crippen LogP contribution in [0, 0.1) is 0 Å². The number of hydrogen-bond donors (Lipinski definition) is 6. The number of fused-ring (bicyclic) bond motifs is 1. The van der Waals surface area contributed by atoms with Crippen LogP contribution in [0.4, 0.5) is 4.79 Å². The summed E-state index contributed by atoms with van der Waals surface area (Å²) in [5.74, 6) is -0.181. The molecule has 3 aromatic rings. The average Bonchev–Trinajstić information content (AvgIpc) is 3.39. The molecule has 0 aliphatic heterocycles. The van der Waals surface area contributed by atoms with Gasteiger partial charge in [0.1, 0.15) is 18.2 Å². The molecular formula is C32H43N5O7. The number of aromatic nitrogens is 1. The van der Waals surface area contributed by atoms with Crippen molar-refractivity contribution < 1.29 is 33.8 Å². The summed E-state index contributed by atoms with van der Waals surface area (Å²) in [7, 11) is 1.50. The molecular weight excluding hydrogens is 566 g/mol. The Kier molecular flexibility index (Phi) is 12.6. The van der Waals surface area contributed by atoms with Crippen molar-refractivity contribution in [1.82, 2.24) is 21.1 Å². The molecule has 0 aliphatic carbocycles. The minimum absolute atomic E-state index is 0.0890. The normalized spacial score (nSPS) is 12.9. The zero-order valence-electron chi connectivity index (χ0n) is 25.6. The van der Waals surface area contributed by atoms with Crippen LogP contribution in [0.15, 0.2) is 54.7 Å². The Morgan fingerprint density at radius 3 is 2.55 bits per heavy atom. The molecule has 2 aromatic carbocycles. The molecule has 0 aliphatic rings. The van der Waals surface area contributed by atoms with Gasteiger partial charge >= 0.3 is 6.09 Å². The number of methoxy groups -OCH3 is 1. The van der Waals surface area contributed by atoms with E-state index in [9.17, 15) is 14.4 Å². The third-order valence-corrected chi connectivity index (χ3v) is 6.61. The number of amides is 3. The molecule has 1 heterocycles. The minimum atomic E-state index is -0.835. The van der Waals surface area contributed by atoms with E-state index in [1.54, 1.807) is 44.5 Å². The van der Waals surface area contributed by atoms with E-state index in [0.717, 1.165) is 16.5 Å². The molecule has 7 N–H and O–H groups in total. The van der Waals surface area contributed by atoms with Crippen LogP contribution in [0.1, 0.15) is 51.2 Å². The fraction of sp³-hybridized carbons (Fsp3) is 0.406. The van der Waals surface area contributed by atoms with Crippen LogP contribution in [-0.2, 0) is 20.7 Å². The zero-order valence-corrected chi connectivity index (χ0v) is 25.6. The molecule has 12 nitrogen and oxygen atoms in total. The van der Waals surface area contributed by atoms with Crippen molar-refractivity contribution in [2.45, 2.75) is 64.1 Å². The number of nitrogens with one attached hydrogen (secondary N) is 4. The number of unbranched alkanes of at least 4 members (excludes halogenated alkanes) is 1. The Balaban J connectivity index is 1.82. The van der Waals surface area contributed by atoms with Gasteiger partial charge in [-0.05, 0) is 88.4 Å². The van der Waals surface area contributed by atoms with Crippen LogP contribution in [0.5, 0.6) is 11.5 Å². The first-order valence-electron chi connectivity index (χ1n) is 14.5. The van der Waals surface area contributed by atoms with Crippen LogP contribution in [0.2, 0.25) is 0 Å². The maximum absolute atomic E-state index is 13.6. The highest BCUT2D eigenvalue weighted by Crippen LogP contribution is 2.29. The van der Waals surface area contributed by atoms with Crippen LogP contribution in [-0.4, -0.2) is 66.0 Å². The first kappa shape index (κ1) is 33.9. The monoisotopic (exact) mass is 609 g/mol. The summed E-state index contributed by atoms with van der Waals surface area (Å²) in [5, 5.41) is 15.5. The first-order chi connectivity index (χ1) is 21.0. The van der Waals surface area contributed by atoms with E-state index in [0.29, 0.717) is 49.3 Å². The van der Waals surface area contributed by atoms with Crippen molar-refractivity contribution in [1.29, 1.82) is 0 Å². The van der Waals surface area contributed by atoms with Gasteiger partial charge in [-0.1, -0.05) is 24.3 Å². The second-order valence-corrected chi connectivity index (χ2v) is 11.3. The summed E-state index contributed by atoms with van der Waals surface area (Å²) in [5.41, 5.74) is 9.10. The van der Waals surface area contributed by atoms with Crippen molar-refractivity contribution in [2.75, 3.05) is 20.3 Å². The molecule has 12 heteroatoms. The smallest absolute Gasteiger partial charge is 0.408 e. The van der Waals surface area contributed by atoms with Crippen molar-refractivity contribution in [2.24, 2.45) is 5.73 Å². The topological polar surface area (TPSA) is 177 Å². The number of H-pyrrole nitrogens is 1. The highest BCUT2D eigenvalue weighted by molar-refractivity contribution is 5.91. The van der Waals surface area contributed by atoms with Gasteiger partial charge in [-0.25, -0.2) is 10.3 Å². The number of carbonyl (C=O) groups excluding carboxylic acids is 3. The van der Waals surface area contributed by atoms with Crippen molar-refractivity contribution >= 4 is 34.9 Å². The number of rotatable bonds is 15. The Morgan fingerprint density at radius 1 is 1.07 bits per heavy atom. The maximum Gasteiger partial charge on any atom is 0.408 e. The number of benzene rings is 2. The largest absolute Gasteiger partial charge is 0.493 e. The van der Waals surface area contributed by atoms with Gasteiger partial charge in [-0.2, -0.15) is 0 Å². The quantitative estimate of drug-likeness (QED) is 0.0652. The Morgan fingerprint density at radius 2 is 1.84 bits per heavy atom. The van der Waals surface area contributed by atoms with Gasteiger partial charge in [0.2, 0.25) is 5.91 Å². The lowest BCUT2D eigenvalue weighted by molar-refractivity contribution is -0.124. The van der Waals surface area contributed by atoms with Gasteiger partial charge < -0.3 is 35.6 Å². The number of para-hydroxylation sites is 1. The predicted molar refractivity (Wildman–Crippen MR) is 167 cm³/mol. The lowest BCUT2D eigenvalue weighted by Gasteiger charge is -2.26. The molecule has 0 fully saturated rings. The SMILES string of the molecule is COc1cc(/C=C/C(=O)NO)ccc1OC[C@H](Cc1c[nH]c2ccccc12)NC(=O)C(CCCCN)NC(=O)OC(C)(C)C. The fourth-order valence-corrected chi connectivity index (χ4v) is 4.54. The summed E-state index contributed by atoms with van der Waals surface area (Å²) < 4.78 is 17.1. The van der Waals surface area contributed by atoms with Gasteiger partial charge in [-0.3, -0.25) is 14.8 Å². The third-order valence-electron chi connectivity index (χ3n) is 6.61. The first-order valence-corrected chi connectivity index (χ1v) is 14.5. The number of ether oxygens (including phenoxy) is 3. The zero-order chi connectivity index (χ0) is 32.1. The predicted octanol–water partition coefficient (Wildman–Crippen LogP) is 3.82. The molecule has 0 spiro atoms. The van der Waals surface area contributed by atoms with E-state index >= 15 is 0 Å². The van der Waals surface area contributed by atoms with E-state index in [2.05, 4.69) is 15.6 Å². The summed E-state index contributed by atoms with van der Waals surface area (Å²) >= 11 is 0. The van der Waals surface area contributed by atoms with Crippen LogP contribution in [0.3, 0.4) is 0 Å². The second-order valence-electron chi connectivity index (χ2n) is 11.3. The highest BCUT2D eigenvalue weighted by atomic mass is 16.6. The molecule has 3 rings (SSSR count). The molecule has 1 unspecified atom stereocenters. The summed E-state index contributed by atoms with van der Waals surface area (Å²) in [6, 6.07) is 11.7. The van der Waals surface area contributed by atoms with E-state index < -0.39 is 29.7 Å². The van der Waals surface area contributed by atoms with Crippen LogP contribution in [0.25, 0.3) is 17.0 Å². The van der Waals surface area contributed by atoms with Gasteiger partial charge in [0, 0.05) is 23.2 Å². The number of aromatic amines is 1. The fourth-order valence-electron chi connectivity index (χ4n) is 4.54. The number of carbonyl (C=O) groups is 3. The summed E-state index contributed by atoms with van der Waals surface area (Å²) in [6.07, 6.45) is 6.11. The lowest BCUT2D eigenvalue weighted by atomic mass is 10.0. The highest BCUT2D eigenvalue weighted by Gasteiger charge is 2.27. The third kappa shape index (κ3) is 10.6. The molecule has 3 amide bonds. The number of nitrogens with two attached hydrogens (primary N) is 1. The number of hydrogen-bond acceptors (Lipinski definition) is 8. The van der Waals surface area contributed by atoms with Crippen molar-refractivity contribution in [3.05, 3.63) is 65.9 Å². The van der Waals surface area contributed by atoms with Gasteiger partial charge in [0.15, 0.2) is 11.5 Å². The van der Waals surface area contributed by atoms with E-state index in [4.69, 9.17) is 25.2 Å². The van der Waals surface area contributed by atoms with E-state index in [1.807, 2.05) is 30.5 Å². The van der Waals surface area contributed by atoms with Crippen LogP contribution < -0.4 is 31.3 Å². The molecule has 0 bridgehead atoms. The molecule has 2 atom stereocenters. The molecule has 0 radical (unpaired) electrons. The average molecular weight is 610 g/mol. The summed E-state index contributed by atoms with van der Waals surface area (Å²) in [6.45, 7) is 5.84. The van der Waals surface area contributed by atoms with E-state index in [1.165, 1.54) is 19.3 Å². The van der Waals surface area contributed by atoms with Crippen LogP contribution >= 0.6 is 0 Å². The lowest BCUT2D eigenvalue weighted by Crippen LogP contribution is -2.52. The minimum Gasteiger partial charge on any atom is -0.493 e.